The molecule has 6 aromatic rings. The average molecular weight is 857 g/mol. The molecule has 0 atom stereocenters. The predicted octanol–water partition coefficient (Wildman–Crippen LogP) is 6.71. The highest BCUT2D eigenvalue weighted by Gasteiger charge is 2.36. The second-order valence-corrected chi connectivity index (χ2v) is 14.5. The van der Waals surface area contributed by atoms with Crippen molar-refractivity contribution in [3.63, 3.8) is 0 Å². The quantitative estimate of drug-likeness (QED) is 0.106. The van der Waals surface area contributed by atoms with Crippen LogP contribution in [0.4, 0.5) is 36.6 Å². The fraction of sp³-hybridized carbons (Fsp3) is 0.188. The number of nitrogens with one attached hydrogen (secondary N) is 2. The average Bonchev–Trinajstić information content (AvgIpc) is 3.89. The molecule has 0 aliphatic rings. The molecule has 0 aliphatic carbocycles. The van der Waals surface area contributed by atoms with E-state index < -0.39 is 30.9 Å². The van der Waals surface area contributed by atoms with Crippen molar-refractivity contribution in [2.75, 3.05) is 10.6 Å². The first-order valence-electron chi connectivity index (χ1n) is 15.1. The van der Waals surface area contributed by atoms with Crippen LogP contribution in [0, 0.1) is 13.8 Å². The van der Waals surface area contributed by atoms with Gasteiger partial charge in [0.25, 0.3) is 11.8 Å². The number of aryl methyl sites for hydroxylation is 4. The van der Waals surface area contributed by atoms with Gasteiger partial charge < -0.3 is 10.0 Å². The van der Waals surface area contributed by atoms with Gasteiger partial charge in [-0.15, -0.1) is 0 Å². The van der Waals surface area contributed by atoms with Crippen LogP contribution in [0.1, 0.15) is 43.2 Å². The summed E-state index contributed by atoms with van der Waals surface area (Å²) in [6.07, 6.45) is -6.00. The molecule has 54 heavy (non-hydrogen) atoms. The van der Waals surface area contributed by atoms with E-state index in [0.29, 0.717) is 32.3 Å². The number of halogens is 7. The Morgan fingerprint density at radius 2 is 1.20 bits per heavy atom. The van der Waals surface area contributed by atoms with E-state index in [1.54, 1.807) is 24.4 Å². The van der Waals surface area contributed by atoms with Crippen molar-refractivity contribution < 1.29 is 46.0 Å². The summed E-state index contributed by atoms with van der Waals surface area (Å²) in [4.78, 5) is 32.7. The summed E-state index contributed by atoms with van der Waals surface area (Å²) in [6, 6.07) is 16.1. The number of anilines is 2. The molecule has 0 saturated heterocycles. The number of hydrogen-bond acceptors (Lipinski definition) is 10. The Morgan fingerprint density at radius 1 is 0.741 bits per heavy atom. The monoisotopic (exact) mass is 856 g/mol. The molecule has 0 saturated carbocycles. The number of nitrogens with zero attached hydrogens (tertiary/aromatic N) is 6. The normalized spacial score (nSPS) is 11.2. The summed E-state index contributed by atoms with van der Waals surface area (Å²) in [5.74, 6) is -0.445. The molecular formula is C32H28BBrF6N8O4S2. The zero-order valence-electron chi connectivity index (χ0n) is 28.4. The zero-order chi connectivity index (χ0) is 40.0. The van der Waals surface area contributed by atoms with Gasteiger partial charge in [-0.25, -0.2) is 9.97 Å². The van der Waals surface area contributed by atoms with E-state index in [1.165, 1.54) is 31.6 Å². The Bertz CT molecular complexity index is 2240. The minimum absolute atomic E-state index is 0.125. The largest absolute Gasteiger partial charge is 0.507 e. The molecule has 0 fully saturated rings. The van der Waals surface area contributed by atoms with Crippen LogP contribution in [0.2, 0.25) is 0 Å². The van der Waals surface area contributed by atoms with Crippen LogP contribution in [0.5, 0.6) is 0 Å². The molecule has 284 valence electrons. The van der Waals surface area contributed by atoms with Gasteiger partial charge in [0, 0.05) is 31.4 Å². The third-order valence-corrected chi connectivity index (χ3v) is 9.42. The summed E-state index contributed by atoms with van der Waals surface area (Å²) in [7, 11) is 0.675. The molecule has 22 heteroatoms. The third kappa shape index (κ3) is 11.1. The smallest absolute Gasteiger partial charge is 0.422 e. The fourth-order valence-electron chi connectivity index (χ4n) is 4.45. The Balaban J connectivity index is 0.000000193. The maximum atomic E-state index is 12.8. The van der Waals surface area contributed by atoms with Gasteiger partial charge >= 0.3 is 19.5 Å². The standard InChI is InChI=1S/C16H13F3N4OS.C11H9BrN2OS.C5H6BF3N2O2/c1-9-5-3-4-6-10(9)14(24)21-15-20-8-12(25-15)11-7-13(16(17,18)19)22-23(11)2;1-7-4-2-3-5-8(7)10(15)14-11-13-6-9(12)16-11;1-11-4(6(12)13)2-3(10-11)5(7,8)9/h3-8H,1-2H3,(H,20,21,24);2-6H,1H3,(H,13,14,15);2,12-13H,1H3. The number of amides is 2. The highest BCUT2D eigenvalue weighted by Crippen LogP contribution is 2.34. The first kappa shape index (κ1) is 41.9. The minimum Gasteiger partial charge on any atom is -0.422 e. The van der Waals surface area contributed by atoms with E-state index in [1.807, 2.05) is 44.2 Å². The van der Waals surface area contributed by atoms with Crippen molar-refractivity contribution in [3.05, 3.63) is 110 Å². The topological polar surface area (TPSA) is 160 Å². The Hall–Kier alpha value is -4.90. The van der Waals surface area contributed by atoms with Gasteiger partial charge in [-0.3, -0.25) is 29.6 Å². The number of aromatic nitrogens is 6. The van der Waals surface area contributed by atoms with Gasteiger partial charge in [-0.2, -0.15) is 36.5 Å². The fourth-order valence-corrected chi connectivity index (χ4v) is 6.41. The molecule has 0 bridgehead atoms. The Labute approximate surface area is 319 Å². The van der Waals surface area contributed by atoms with Crippen LogP contribution in [-0.4, -0.2) is 58.5 Å². The second kappa shape index (κ2) is 17.5. The van der Waals surface area contributed by atoms with Gasteiger partial charge in [0.15, 0.2) is 21.7 Å². The summed E-state index contributed by atoms with van der Waals surface area (Å²) < 4.78 is 77.1. The SMILES string of the molecule is Cc1ccccc1C(=O)Nc1ncc(-c2cc(C(F)(F)F)nn2C)s1.Cc1ccccc1C(=O)Nc1ncc(Br)s1.Cn1nc(C(F)(F)F)cc1B(O)O. The number of carbonyl (C=O) groups is 2. The van der Waals surface area contributed by atoms with E-state index in [4.69, 9.17) is 10.0 Å². The number of thiazole rings is 2. The molecule has 6 rings (SSSR count). The van der Waals surface area contributed by atoms with E-state index in [-0.39, 0.29) is 23.1 Å². The molecule has 0 radical (unpaired) electrons. The first-order chi connectivity index (χ1) is 25.2. The zero-order valence-corrected chi connectivity index (χ0v) is 31.6. The van der Waals surface area contributed by atoms with Crippen molar-refractivity contribution in [2.45, 2.75) is 26.2 Å². The predicted molar refractivity (Wildman–Crippen MR) is 195 cm³/mol. The van der Waals surface area contributed by atoms with Crippen molar-refractivity contribution >= 4 is 73.4 Å². The van der Waals surface area contributed by atoms with Crippen LogP contribution < -0.4 is 16.2 Å². The molecular weight excluding hydrogens is 829 g/mol. The molecule has 4 N–H and O–H groups in total. The Morgan fingerprint density at radius 3 is 1.61 bits per heavy atom. The molecule has 2 aromatic carbocycles. The van der Waals surface area contributed by atoms with Crippen LogP contribution in [0.15, 0.2) is 76.8 Å². The number of carbonyl (C=O) groups excluding carboxylic acids is 2. The lowest BCUT2D eigenvalue weighted by Crippen LogP contribution is -2.35. The summed E-state index contributed by atoms with van der Waals surface area (Å²) >= 11 is 5.77. The maximum Gasteiger partial charge on any atom is 0.507 e. The van der Waals surface area contributed by atoms with Crippen LogP contribution in [0.25, 0.3) is 10.6 Å². The molecule has 4 heterocycles. The lowest BCUT2D eigenvalue weighted by Gasteiger charge is -2.04. The van der Waals surface area contributed by atoms with Gasteiger partial charge in [-0.1, -0.05) is 59.1 Å². The van der Waals surface area contributed by atoms with E-state index in [0.717, 1.165) is 41.7 Å². The molecule has 4 aromatic heterocycles. The molecule has 0 unspecified atom stereocenters. The summed E-state index contributed by atoms with van der Waals surface area (Å²) in [5, 5.41) is 30.1. The molecule has 0 spiro atoms. The first-order valence-corrected chi connectivity index (χ1v) is 17.6. The van der Waals surface area contributed by atoms with Gasteiger partial charge in [0.1, 0.15) is 0 Å². The number of benzene rings is 2. The van der Waals surface area contributed by atoms with Gasteiger partial charge in [0.2, 0.25) is 0 Å². The lowest BCUT2D eigenvalue weighted by atomic mass is 9.86. The molecule has 2 amide bonds. The van der Waals surface area contributed by atoms with E-state index >= 15 is 0 Å². The van der Waals surface area contributed by atoms with Gasteiger partial charge in [-0.05, 0) is 65.2 Å². The maximum absolute atomic E-state index is 12.8. The van der Waals surface area contributed by atoms with Gasteiger partial charge in [0.05, 0.1) is 26.1 Å². The van der Waals surface area contributed by atoms with Crippen LogP contribution in [0.3, 0.4) is 0 Å². The van der Waals surface area contributed by atoms with E-state index in [9.17, 15) is 35.9 Å². The Kier molecular flexibility index (Phi) is 13.6. The van der Waals surface area contributed by atoms with Crippen LogP contribution in [-0.2, 0) is 26.4 Å². The third-order valence-electron chi connectivity index (χ3n) is 7.10. The summed E-state index contributed by atoms with van der Waals surface area (Å²) in [5.41, 5.74) is 0.831. The number of rotatable bonds is 6. The lowest BCUT2D eigenvalue weighted by molar-refractivity contribution is -0.142. The minimum atomic E-state index is -4.56. The van der Waals surface area contributed by atoms with Crippen LogP contribution >= 0.6 is 38.6 Å². The van der Waals surface area contributed by atoms with Crippen molar-refractivity contribution in [2.24, 2.45) is 14.1 Å². The number of alkyl halides is 6. The van der Waals surface area contributed by atoms with Crippen molar-refractivity contribution in [1.82, 2.24) is 29.5 Å². The van der Waals surface area contributed by atoms with E-state index in [2.05, 4.69) is 46.7 Å². The van der Waals surface area contributed by atoms with Crippen molar-refractivity contribution in [3.8, 4) is 10.6 Å². The summed E-state index contributed by atoms with van der Waals surface area (Å²) in [6.45, 7) is 3.73. The van der Waals surface area contributed by atoms with Crippen molar-refractivity contribution in [1.29, 1.82) is 0 Å². The highest BCUT2D eigenvalue weighted by atomic mass is 79.9. The number of hydrogen-bond donors (Lipinski definition) is 4. The second-order valence-electron chi connectivity index (χ2n) is 11.0. The highest BCUT2D eigenvalue weighted by molar-refractivity contribution is 9.11. The molecule has 12 nitrogen and oxygen atoms in total. The molecule has 0 aliphatic heterocycles.